The molecule has 3 aromatic rings. The first-order chi connectivity index (χ1) is 17.8. The molecule has 0 bridgehead atoms. The molecule has 37 heavy (non-hydrogen) atoms. The van der Waals surface area contributed by atoms with Crippen molar-refractivity contribution in [3.05, 3.63) is 47.6 Å². The summed E-state index contributed by atoms with van der Waals surface area (Å²) in [6.07, 6.45) is 5.16. The highest BCUT2D eigenvalue weighted by Gasteiger charge is 2.29. The molecule has 2 aromatic heterocycles. The van der Waals surface area contributed by atoms with Gasteiger partial charge in [0.05, 0.1) is 24.6 Å². The Balaban J connectivity index is 1.70. The molecule has 4 rings (SSSR count). The first-order valence-corrected chi connectivity index (χ1v) is 12.6. The Morgan fingerprint density at radius 3 is 2.76 bits per heavy atom. The topological polar surface area (TPSA) is 120 Å². The van der Waals surface area contributed by atoms with E-state index < -0.39 is 5.82 Å². The lowest BCUT2D eigenvalue weighted by Gasteiger charge is -2.14. The van der Waals surface area contributed by atoms with Crippen LogP contribution in [0.4, 0.5) is 4.39 Å². The Labute approximate surface area is 218 Å². The quantitative estimate of drug-likeness (QED) is 0.223. The van der Waals surface area contributed by atoms with Crippen LogP contribution in [0.1, 0.15) is 23.7 Å². The summed E-state index contributed by atoms with van der Waals surface area (Å²) in [5.74, 6) is 0.358. The standard InChI is InChI=1S/C26H31FN6O3S/c1-32(2)8-5-6-22(34)33-9-7-15(13-33)18-10-16(24(31-18)26(29)30-14-28)21-11-17-23(27)19(35-3)12-20(36-4)25(17)37-21/h5-6,10-12,14-15,31H,7-9,13H2,1-4H3,(H3,28,29,30)/b6-5+/t15-/m0/s1. The van der Waals surface area contributed by atoms with Crippen LogP contribution in [-0.4, -0.2) is 80.8 Å². The lowest BCUT2D eigenvalue weighted by Crippen LogP contribution is -2.27. The number of aliphatic imine (C=N–C) groups is 1. The first kappa shape index (κ1) is 26.4. The molecule has 1 aromatic carbocycles. The lowest BCUT2D eigenvalue weighted by molar-refractivity contribution is -0.125. The molecule has 11 heteroatoms. The number of likely N-dealkylation sites (tertiary alicyclic amines) is 1. The number of thiophene rings is 1. The fourth-order valence-electron chi connectivity index (χ4n) is 4.46. The highest BCUT2D eigenvalue weighted by molar-refractivity contribution is 7.22. The van der Waals surface area contributed by atoms with E-state index in [0.717, 1.165) is 28.9 Å². The molecule has 0 radical (unpaired) electrons. The van der Waals surface area contributed by atoms with Crippen LogP contribution in [0.25, 0.3) is 20.5 Å². The Bertz CT molecular complexity index is 1380. The second-order valence-corrected chi connectivity index (χ2v) is 10.1. The number of ether oxygens (including phenoxy) is 2. The van der Waals surface area contributed by atoms with Crippen LogP contribution in [0.15, 0.2) is 35.3 Å². The van der Waals surface area contributed by atoms with Gasteiger partial charge in [0.2, 0.25) is 5.91 Å². The minimum absolute atomic E-state index is 0.0118. The third-order valence-electron chi connectivity index (χ3n) is 6.35. The molecular weight excluding hydrogens is 495 g/mol. The number of aromatic nitrogens is 1. The maximum Gasteiger partial charge on any atom is 0.246 e. The van der Waals surface area contributed by atoms with Gasteiger partial charge >= 0.3 is 0 Å². The molecule has 1 aliphatic heterocycles. The van der Waals surface area contributed by atoms with Gasteiger partial charge in [-0.15, -0.1) is 11.3 Å². The molecule has 0 aliphatic carbocycles. The number of nitrogens with one attached hydrogen (secondary N) is 2. The van der Waals surface area contributed by atoms with Crippen molar-refractivity contribution in [2.45, 2.75) is 12.3 Å². The number of nitrogens with two attached hydrogens (primary N) is 1. The second kappa shape index (κ2) is 11.1. The van der Waals surface area contributed by atoms with E-state index in [1.807, 2.05) is 36.0 Å². The van der Waals surface area contributed by atoms with E-state index in [-0.39, 0.29) is 23.4 Å². The summed E-state index contributed by atoms with van der Waals surface area (Å²) in [6, 6.07) is 5.26. The summed E-state index contributed by atoms with van der Waals surface area (Å²) in [4.78, 5) is 24.5. The number of hydrogen-bond acceptors (Lipinski definition) is 6. The van der Waals surface area contributed by atoms with Crippen LogP contribution in [0.5, 0.6) is 11.5 Å². The van der Waals surface area contributed by atoms with E-state index in [2.05, 4.69) is 9.98 Å². The van der Waals surface area contributed by atoms with Gasteiger partial charge in [0.25, 0.3) is 0 Å². The monoisotopic (exact) mass is 526 g/mol. The second-order valence-electron chi connectivity index (χ2n) is 9.04. The third-order valence-corrected chi connectivity index (χ3v) is 7.53. The van der Waals surface area contributed by atoms with Crippen molar-refractivity contribution >= 4 is 39.5 Å². The molecule has 0 saturated carbocycles. The number of aromatic amines is 1. The number of halogens is 1. The van der Waals surface area contributed by atoms with Gasteiger partial charge in [-0.3, -0.25) is 10.2 Å². The molecule has 196 valence electrons. The van der Waals surface area contributed by atoms with Crippen LogP contribution in [0.3, 0.4) is 0 Å². The number of fused-ring (bicyclic) bond motifs is 1. The number of nitrogens with zero attached hydrogens (tertiary/aromatic N) is 3. The number of rotatable bonds is 9. The number of methoxy groups -OCH3 is 2. The van der Waals surface area contributed by atoms with Gasteiger partial charge in [-0.05, 0) is 32.6 Å². The van der Waals surface area contributed by atoms with Gasteiger partial charge < -0.3 is 30.0 Å². The van der Waals surface area contributed by atoms with E-state index in [1.54, 1.807) is 12.1 Å². The summed E-state index contributed by atoms with van der Waals surface area (Å²) in [5.41, 5.74) is 8.41. The predicted octanol–water partition coefficient (Wildman–Crippen LogP) is 3.80. The van der Waals surface area contributed by atoms with Crippen molar-refractivity contribution in [3.8, 4) is 21.9 Å². The lowest BCUT2D eigenvalue weighted by atomic mass is 10.0. The number of benzene rings is 1. The summed E-state index contributed by atoms with van der Waals surface area (Å²) in [6.45, 7) is 1.91. The molecule has 1 saturated heterocycles. The van der Waals surface area contributed by atoms with E-state index >= 15 is 4.39 Å². The molecule has 4 N–H and O–H groups in total. The normalized spacial score (nSPS) is 16.3. The van der Waals surface area contributed by atoms with Gasteiger partial charge in [0.15, 0.2) is 11.6 Å². The van der Waals surface area contributed by atoms with Crippen molar-refractivity contribution in [1.82, 2.24) is 14.8 Å². The molecule has 1 fully saturated rings. The molecule has 1 amide bonds. The number of amides is 1. The minimum Gasteiger partial charge on any atom is -0.495 e. The number of hydrogen-bond donors (Lipinski definition) is 3. The Kier molecular flexibility index (Phi) is 7.94. The molecule has 0 spiro atoms. The first-order valence-electron chi connectivity index (χ1n) is 11.8. The zero-order chi connectivity index (χ0) is 26.7. The number of carbonyl (C=O) groups excluding carboxylic acids is 1. The molecule has 1 atom stereocenters. The molecule has 3 heterocycles. The van der Waals surface area contributed by atoms with Gasteiger partial charge in [0.1, 0.15) is 17.9 Å². The number of H-pyrrole nitrogens is 1. The molecule has 0 unspecified atom stereocenters. The predicted molar refractivity (Wildman–Crippen MR) is 146 cm³/mol. The van der Waals surface area contributed by atoms with E-state index in [0.29, 0.717) is 41.2 Å². The van der Waals surface area contributed by atoms with Crippen molar-refractivity contribution in [2.75, 3.05) is 47.9 Å². The van der Waals surface area contributed by atoms with Crippen molar-refractivity contribution in [1.29, 1.82) is 5.41 Å². The van der Waals surface area contributed by atoms with Crippen LogP contribution in [0, 0.1) is 11.2 Å². The third kappa shape index (κ3) is 5.37. The van der Waals surface area contributed by atoms with E-state index in [4.69, 9.17) is 20.6 Å². The van der Waals surface area contributed by atoms with Crippen LogP contribution in [0.2, 0.25) is 0 Å². The smallest absolute Gasteiger partial charge is 0.246 e. The number of likely N-dealkylation sites (N-methyl/N-ethyl adjacent to an activating group) is 1. The fourth-order valence-corrected chi connectivity index (χ4v) is 5.63. The highest BCUT2D eigenvalue weighted by Crippen LogP contribution is 2.44. The van der Waals surface area contributed by atoms with Gasteiger partial charge in [-0.1, -0.05) is 6.08 Å². The van der Waals surface area contributed by atoms with Crippen molar-refractivity contribution in [2.24, 2.45) is 10.7 Å². The minimum atomic E-state index is -0.466. The Hall–Kier alpha value is -3.70. The van der Waals surface area contributed by atoms with Crippen LogP contribution >= 0.6 is 11.3 Å². The van der Waals surface area contributed by atoms with Gasteiger partial charge in [-0.2, -0.15) is 0 Å². The number of carbonyl (C=O) groups is 1. The largest absolute Gasteiger partial charge is 0.495 e. The van der Waals surface area contributed by atoms with Gasteiger partial charge in [-0.25, -0.2) is 9.38 Å². The summed E-state index contributed by atoms with van der Waals surface area (Å²) >= 11 is 1.37. The van der Waals surface area contributed by atoms with E-state index in [1.165, 1.54) is 31.6 Å². The van der Waals surface area contributed by atoms with Crippen LogP contribution < -0.4 is 15.2 Å². The van der Waals surface area contributed by atoms with Crippen molar-refractivity contribution < 1.29 is 18.7 Å². The maximum atomic E-state index is 15.1. The van der Waals surface area contributed by atoms with Gasteiger partial charge in [0, 0.05) is 59.2 Å². The average Bonchev–Trinajstić information content (AvgIpc) is 3.62. The average molecular weight is 527 g/mol. The Morgan fingerprint density at radius 1 is 1.32 bits per heavy atom. The van der Waals surface area contributed by atoms with E-state index in [9.17, 15) is 4.79 Å². The highest BCUT2D eigenvalue weighted by atomic mass is 32.1. The van der Waals surface area contributed by atoms with Crippen LogP contribution in [-0.2, 0) is 4.79 Å². The summed E-state index contributed by atoms with van der Waals surface area (Å²) < 4.78 is 26.4. The molecule has 9 nitrogen and oxygen atoms in total. The summed E-state index contributed by atoms with van der Waals surface area (Å²) in [5, 5.41) is 7.75. The Morgan fingerprint density at radius 2 is 2.08 bits per heavy atom. The maximum absolute atomic E-state index is 15.1. The molecule has 1 aliphatic rings. The fraction of sp³-hybridized carbons (Fsp3) is 0.346. The number of amidine groups is 1. The SMILES string of the molecule is COc1cc(OC)c2sc(-c3cc([C@H]4CCN(C(=O)/C=C/CN(C)C)C4)[nH]c3C(N)=NC=N)cc2c1F. The molecular formula is C26H31FN6O3S. The van der Waals surface area contributed by atoms with Crippen molar-refractivity contribution in [3.63, 3.8) is 0 Å². The zero-order valence-corrected chi connectivity index (χ0v) is 22.1. The zero-order valence-electron chi connectivity index (χ0n) is 21.3. The summed E-state index contributed by atoms with van der Waals surface area (Å²) in [7, 11) is 6.84.